The molecule has 1 aromatic heterocycles. The lowest BCUT2D eigenvalue weighted by molar-refractivity contribution is -0.384. The molecule has 7 heteroatoms. The van der Waals surface area contributed by atoms with Gasteiger partial charge in [-0.1, -0.05) is 18.5 Å². The molecule has 0 aliphatic carbocycles. The van der Waals surface area contributed by atoms with Crippen molar-refractivity contribution >= 4 is 17.3 Å². The van der Waals surface area contributed by atoms with Crippen molar-refractivity contribution in [1.29, 1.82) is 0 Å². The average molecular weight is 310 g/mol. The van der Waals surface area contributed by atoms with Gasteiger partial charge in [0.1, 0.15) is 0 Å². The average Bonchev–Trinajstić information content (AvgIpc) is 2.92. The standard InChI is InChI=1S/C14H16ClN3O3/c1-2-6-16-7-5-14-17-9-13(21-14)11-4-3-10(15)8-12(11)18(19)20/h3-4,8-9,16H,2,5-7H2,1H3. The van der Waals surface area contributed by atoms with Crippen molar-refractivity contribution in [3.63, 3.8) is 0 Å². The van der Waals surface area contributed by atoms with Crippen molar-refractivity contribution < 1.29 is 9.34 Å². The van der Waals surface area contributed by atoms with Crippen LogP contribution in [0.2, 0.25) is 5.02 Å². The fourth-order valence-corrected chi connectivity index (χ4v) is 2.08. The summed E-state index contributed by atoms with van der Waals surface area (Å²) < 4.78 is 5.58. The van der Waals surface area contributed by atoms with E-state index in [2.05, 4.69) is 17.2 Å². The van der Waals surface area contributed by atoms with Gasteiger partial charge in [-0.2, -0.15) is 0 Å². The highest BCUT2D eigenvalue weighted by Crippen LogP contribution is 2.32. The molecule has 1 heterocycles. The van der Waals surface area contributed by atoms with Crippen molar-refractivity contribution in [1.82, 2.24) is 10.3 Å². The van der Waals surface area contributed by atoms with Gasteiger partial charge in [-0.3, -0.25) is 10.1 Å². The van der Waals surface area contributed by atoms with E-state index in [0.717, 1.165) is 19.5 Å². The van der Waals surface area contributed by atoms with Crippen LogP contribution >= 0.6 is 11.6 Å². The van der Waals surface area contributed by atoms with Gasteiger partial charge in [0.05, 0.1) is 16.7 Å². The summed E-state index contributed by atoms with van der Waals surface area (Å²) in [5, 5.41) is 14.6. The molecule has 6 nitrogen and oxygen atoms in total. The number of nitrogens with zero attached hydrogens (tertiary/aromatic N) is 2. The number of rotatable bonds is 7. The first-order chi connectivity index (χ1) is 10.1. The van der Waals surface area contributed by atoms with Crippen LogP contribution in [0.1, 0.15) is 19.2 Å². The van der Waals surface area contributed by atoms with E-state index in [0.29, 0.717) is 28.7 Å². The third kappa shape index (κ3) is 4.03. The predicted octanol–water partition coefficient (Wildman–Crippen LogP) is 3.45. The van der Waals surface area contributed by atoms with Gasteiger partial charge >= 0.3 is 0 Å². The van der Waals surface area contributed by atoms with Crippen LogP contribution in [0.25, 0.3) is 11.3 Å². The molecule has 1 N–H and O–H groups in total. The Balaban J connectivity index is 2.16. The molecule has 112 valence electrons. The van der Waals surface area contributed by atoms with Gasteiger partial charge in [0, 0.05) is 24.1 Å². The minimum atomic E-state index is -0.480. The van der Waals surface area contributed by atoms with Crippen LogP contribution in [0.4, 0.5) is 5.69 Å². The summed E-state index contributed by atoms with van der Waals surface area (Å²) in [6.45, 7) is 3.79. The summed E-state index contributed by atoms with van der Waals surface area (Å²) in [5.41, 5.74) is 0.291. The lowest BCUT2D eigenvalue weighted by atomic mass is 10.1. The summed E-state index contributed by atoms with van der Waals surface area (Å²) in [4.78, 5) is 14.7. The molecule has 2 rings (SSSR count). The van der Waals surface area contributed by atoms with Crippen molar-refractivity contribution in [2.24, 2.45) is 0 Å². The molecule has 0 fully saturated rings. The Labute approximate surface area is 127 Å². The number of oxazole rings is 1. The molecular weight excluding hydrogens is 294 g/mol. The zero-order chi connectivity index (χ0) is 15.2. The van der Waals surface area contributed by atoms with Crippen LogP contribution in [0.5, 0.6) is 0 Å². The minimum Gasteiger partial charge on any atom is -0.440 e. The Bertz CT molecular complexity index is 628. The number of nitro groups is 1. The SMILES string of the molecule is CCCNCCc1ncc(-c2ccc(Cl)cc2[N+](=O)[O-])o1. The second-order valence-electron chi connectivity index (χ2n) is 4.54. The third-order valence-electron chi connectivity index (χ3n) is 2.92. The molecule has 0 bridgehead atoms. The van der Waals surface area contributed by atoms with Crippen LogP contribution in [0.15, 0.2) is 28.8 Å². The number of hydrogen-bond donors (Lipinski definition) is 1. The predicted molar refractivity (Wildman–Crippen MR) is 80.5 cm³/mol. The molecule has 21 heavy (non-hydrogen) atoms. The van der Waals surface area contributed by atoms with Gasteiger partial charge < -0.3 is 9.73 Å². The molecule has 0 amide bonds. The van der Waals surface area contributed by atoms with Gasteiger partial charge in [0.2, 0.25) is 0 Å². The Kier molecular flexibility index (Phi) is 5.30. The number of hydrogen-bond acceptors (Lipinski definition) is 5. The van der Waals surface area contributed by atoms with Crippen LogP contribution in [0, 0.1) is 10.1 Å². The smallest absolute Gasteiger partial charge is 0.281 e. The molecule has 0 radical (unpaired) electrons. The number of aromatic nitrogens is 1. The van der Waals surface area contributed by atoms with E-state index in [1.165, 1.54) is 12.3 Å². The zero-order valence-corrected chi connectivity index (χ0v) is 12.4. The number of nitro benzene ring substituents is 1. The van der Waals surface area contributed by atoms with Crippen LogP contribution in [-0.4, -0.2) is 23.0 Å². The Morgan fingerprint density at radius 2 is 2.24 bits per heavy atom. The molecule has 0 saturated carbocycles. The molecule has 0 aliphatic heterocycles. The number of nitrogens with one attached hydrogen (secondary N) is 1. The Morgan fingerprint density at radius 1 is 1.43 bits per heavy atom. The number of benzene rings is 1. The topological polar surface area (TPSA) is 81.2 Å². The van der Waals surface area contributed by atoms with Gasteiger partial charge in [-0.25, -0.2) is 4.98 Å². The summed E-state index contributed by atoms with van der Waals surface area (Å²) in [5.74, 6) is 0.932. The quantitative estimate of drug-likeness (QED) is 0.481. The largest absolute Gasteiger partial charge is 0.440 e. The fourth-order valence-electron chi connectivity index (χ4n) is 1.91. The number of halogens is 1. The molecule has 0 unspecified atom stereocenters. The normalized spacial score (nSPS) is 10.8. The molecule has 2 aromatic rings. The van der Waals surface area contributed by atoms with E-state index < -0.39 is 4.92 Å². The van der Waals surface area contributed by atoms with Crippen LogP contribution in [-0.2, 0) is 6.42 Å². The lowest BCUT2D eigenvalue weighted by Crippen LogP contribution is -2.17. The van der Waals surface area contributed by atoms with Gasteiger partial charge in [-0.15, -0.1) is 0 Å². The first-order valence-corrected chi connectivity index (χ1v) is 7.09. The molecule has 0 saturated heterocycles. The molecule has 1 aromatic carbocycles. The Morgan fingerprint density at radius 3 is 2.95 bits per heavy atom. The van der Waals surface area contributed by atoms with Crippen LogP contribution in [0.3, 0.4) is 0 Å². The zero-order valence-electron chi connectivity index (χ0n) is 11.6. The van der Waals surface area contributed by atoms with Crippen molar-refractivity contribution in [3.8, 4) is 11.3 Å². The second-order valence-corrected chi connectivity index (χ2v) is 4.97. The summed E-state index contributed by atoms with van der Waals surface area (Å²) in [6.07, 6.45) is 3.21. The van der Waals surface area contributed by atoms with E-state index in [1.807, 2.05) is 0 Å². The summed E-state index contributed by atoms with van der Waals surface area (Å²) >= 11 is 5.79. The first-order valence-electron chi connectivity index (χ1n) is 6.71. The fraction of sp³-hybridized carbons (Fsp3) is 0.357. The van der Waals surface area contributed by atoms with E-state index in [4.69, 9.17) is 16.0 Å². The molecule has 0 aliphatic rings. The third-order valence-corrected chi connectivity index (χ3v) is 3.15. The van der Waals surface area contributed by atoms with Crippen molar-refractivity contribution in [2.45, 2.75) is 19.8 Å². The highest BCUT2D eigenvalue weighted by molar-refractivity contribution is 6.30. The highest BCUT2D eigenvalue weighted by Gasteiger charge is 2.19. The maximum Gasteiger partial charge on any atom is 0.281 e. The van der Waals surface area contributed by atoms with E-state index >= 15 is 0 Å². The lowest BCUT2D eigenvalue weighted by Gasteiger charge is -2.01. The molecule has 0 spiro atoms. The van der Waals surface area contributed by atoms with E-state index in [1.54, 1.807) is 12.1 Å². The maximum atomic E-state index is 11.1. The molecular formula is C14H16ClN3O3. The maximum absolute atomic E-state index is 11.1. The molecule has 0 atom stereocenters. The van der Waals surface area contributed by atoms with E-state index in [9.17, 15) is 10.1 Å². The van der Waals surface area contributed by atoms with Gasteiger partial charge in [0.25, 0.3) is 5.69 Å². The minimum absolute atomic E-state index is 0.0886. The first kappa shape index (κ1) is 15.5. The van der Waals surface area contributed by atoms with E-state index in [-0.39, 0.29) is 5.69 Å². The van der Waals surface area contributed by atoms with Gasteiger partial charge in [-0.05, 0) is 25.1 Å². The monoisotopic (exact) mass is 309 g/mol. The summed E-state index contributed by atoms with van der Waals surface area (Å²) in [6, 6.07) is 4.47. The second kappa shape index (κ2) is 7.19. The Hall–Kier alpha value is -1.92. The van der Waals surface area contributed by atoms with Crippen LogP contribution < -0.4 is 5.32 Å². The van der Waals surface area contributed by atoms with Crippen molar-refractivity contribution in [2.75, 3.05) is 13.1 Å². The van der Waals surface area contributed by atoms with Gasteiger partial charge in [0.15, 0.2) is 11.7 Å². The summed E-state index contributed by atoms with van der Waals surface area (Å²) in [7, 11) is 0. The van der Waals surface area contributed by atoms with Crippen molar-refractivity contribution in [3.05, 3.63) is 45.4 Å². The highest BCUT2D eigenvalue weighted by atomic mass is 35.5.